The molecule has 1 saturated carbocycles. The lowest BCUT2D eigenvalue weighted by molar-refractivity contribution is 0.139. The van der Waals surface area contributed by atoms with Crippen molar-refractivity contribution in [2.45, 2.75) is 32.0 Å². The fourth-order valence-electron chi connectivity index (χ4n) is 2.20. The number of hydrogen-bond donors (Lipinski definition) is 1. The first-order valence-electron chi connectivity index (χ1n) is 6.45. The molecule has 1 aliphatic rings. The summed E-state index contributed by atoms with van der Waals surface area (Å²) in [7, 11) is 1.71. The summed E-state index contributed by atoms with van der Waals surface area (Å²) in [6.45, 7) is 2.82. The smallest absolute Gasteiger partial charge is 0.123 e. The van der Waals surface area contributed by atoms with E-state index in [0.717, 1.165) is 24.2 Å². The monoisotopic (exact) mass is 252 g/mol. The molecule has 2 rings (SSSR count). The fourth-order valence-corrected chi connectivity index (χ4v) is 2.20. The average molecular weight is 252 g/mol. The molecule has 0 aromatic heterocycles. The quantitative estimate of drug-likeness (QED) is 0.805. The number of hydrogen-bond acceptors (Lipinski definition) is 3. The maximum Gasteiger partial charge on any atom is 0.123 e. The van der Waals surface area contributed by atoms with Gasteiger partial charge in [0.15, 0.2) is 0 Å². The number of halogens is 1. The Morgan fingerprint density at radius 1 is 1.39 bits per heavy atom. The summed E-state index contributed by atoms with van der Waals surface area (Å²) < 4.78 is 18.4. The molecule has 1 fully saturated rings. The minimum absolute atomic E-state index is 0.190. The molecule has 0 heterocycles. The van der Waals surface area contributed by atoms with Gasteiger partial charge >= 0.3 is 0 Å². The summed E-state index contributed by atoms with van der Waals surface area (Å²) in [6.07, 6.45) is 2.47. The van der Waals surface area contributed by atoms with Gasteiger partial charge in [-0.15, -0.1) is 0 Å². The van der Waals surface area contributed by atoms with Crippen LogP contribution >= 0.6 is 0 Å². The van der Waals surface area contributed by atoms with Crippen LogP contribution in [0.2, 0.25) is 0 Å². The predicted molar refractivity (Wildman–Crippen MR) is 69.6 cm³/mol. The first-order valence-corrected chi connectivity index (χ1v) is 6.45. The normalized spacial score (nSPS) is 15.3. The van der Waals surface area contributed by atoms with Crippen LogP contribution in [0.1, 0.15) is 24.0 Å². The van der Waals surface area contributed by atoms with E-state index in [1.807, 2.05) is 0 Å². The van der Waals surface area contributed by atoms with E-state index < -0.39 is 0 Å². The summed E-state index contributed by atoms with van der Waals surface area (Å²) in [5.41, 5.74) is 7.73. The second-order valence-corrected chi connectivity index (χ2v) is 4.81. The van der Waals surface area contributed by atoms with Crippen molar-refractivity contribution < 1.29 is 9.13 Å². The largest absolute Gasteiger partial charge is 0.383 e. The summed E-state index contributed by atoms with van der Waals surface area (Å²) in [5, 5.41) is 0. The highest BCUT2D eigenvalue weighted by molar-refractivity contribution is 5.28. The molecule has 0 saturated heterocycles. The molecule has 0 amide bonds. The Bertz CT molecular complexity index is 393. The van der Waals surface area contributed by atoms with Crippen LogP contribution in [0, 0.1) is 5.82 Å². The molecule has 0 radical (unpaired) electrons. The second-order valence-electron chi connectivity index (χ2n) is 4.81. The highest BCUT2D eigenvalue weighted by Crippen LogP contribution is 2.28. The van der Waals surface area contributed by atoms with E-state index in [1.54, 1.807) is 19.2 Å². The number of benzene rings is 1. The second kappa shape index (κ2) is 6.27. The number of rotatable bonds is 7. The lowest BCUT2D eigenvalue weighted by Gasteiger charge is -2.23. The molecule has 0 spiro atoms. The maximum atomic E-state index is 13.3. The first kappa shape index (κ1) is 13.5. The van der Waals surface area contributed by atoms with Gasteiger partial charge in [-0.2, -0.15) is 0 Å². The Hall–Kier alpha value is -0.970. The molecule has 18 heavy (non-hydrogen) atoms. The van der Waals surface area contributed by atoms with E-state index in [9.17, 15) is 4.39 Å². The first-order chi connectivity index (χ1) is 8.74. The third-order valence-electron chi connectivity index (χ3n) is 3.41. The van der Waals surface area contributed by atoms with Gasteiger partial charge in [-0.3, -0.25) is 4.90 Å². The fraction of sp³-hybridized carbons (Fsp3) is 0.571. The van der Waals surface area contributed by atoms with Gasteiger partial charge in [0.25, 0.3) is 0 Å². The Morgan fingerprint density at radius 3 is 2.78 bits per heavy atom. The molecule has 0 unspecified atom stereocenters. The molecule has 100 valence electrons. The number of nitrogens with two attached hydrogens (primary N) is 1. The molecule has 1 aromatic rings. The van der Waals surface area contributed by atoms with Crippen LogP contribution in [-0.2, 0) is 17.8 Å². The van der Waals surface area contributed by atoms with Crippen molar-refractivity contribution in [3.8, 4) is 0 Å². The van der Waals surface area contributed by atoms with Crippen molar-refractivity contribution >= 4 is 0 Å². The van der Waals surface area contributed by atoms with E-state index in [-0.39, 0.29) is 5.82 Å². The van der Waals surface area contributed by atoms with Gasteiger partial charge in [0.05, 0.1) is 6.61 Å². The lowest BCUT2D eigenvalue weighted by atomic mass is 10.1. The standard InChI is InChI=1S/C14H21FN2O/c1-18-7-6-17(14-4-5-14)10-12-8-13(15)3-2-11(12)9-16/h2-3,8,14H,4-7,9-10,16H2,1H3. The Morgan fingerprint density at radius 2 is 2.17 bits per heavy atom. The van der Waals surface area contributed by atoms with Crippen LogP contribution in [0.4, 0.5) is 4.39 Å². The predicted octanol–water partition coefficient (Wildman–Crippen LogP) is 1.90. The van der Waals surface area contributed by atoms with Crippen molar-refractivity contribution in [1.82, 2.24) is 4.90 Å². The van der Waals surface area contributed by atoms with Crippen molar-refractivity contribution in [1.29, 1.82) is 0 Å². The zero-order valence-corrected chi connectivity index (χ0v) is 10.9. The Kier molecular flexibility index (Phi) is 4.69. The van der Waals surface area contributed by atoms with Gasteiger partial charge in [-0.25, -0.2) is 4.39 Å². The molecule has 0 aliphatic heterocycles. The number of nitrogens with zero attached hydrogens (tertiary/aromatic N) is 1. The van der Waals surface area contributed by atoms with Crippen molar-refractivity contribution in [2.24, 2.45) is 5.73 Å². The highest BCUT2D eigenvalue weighted by atomic mass is 19.1. The molecule has 1 aromatic carbocycles. The third kappa shape index (κ3) is 3.51. The minimum atomic E-state index is -0.190. The summed E-state index contributed by atoms with van der Waals surface area (Å²) >= 11 is 0. The summed E-state index contributed by atoms with van der Waals surface area (Å²) in [5.74, 6) is -0.190. The number of methoxy groups -OCH3 is 1. The molecular formula is C14H21FN2O. The highest BCUT2D eigenvalue weighted by Gasteiger charge is 2.28. The molecule has 3 nitrogen and oxygen atoms in total. The van der Waals surface area contributed by atoms with E-state index in [0.29, 0.717) is 19.2 Å². The van der Waals surface area contributed by atoms with Crippen LogP contribution in [0.15, 0.2) is 18.2 Å². The zero-order valence-electron chi connectivity index (χ0n) is 10.9. The Labute approximate surface area is 108 Å². The van der Waals surface area contributed by atoms with Gasteiger partial charge in [0.2, 0.25) is 0 Å². The van der Waals surface area contributed by atoms with Crippen LogP contribution in [-0.4, -0.2) is 31.2 Å². The van der Waals surface area contributed by atoms with E-state index in [1.165, 1.54) is 18.9 Å². The van der Waals surface area contributed by atoms with Crippen molar-refractivity contribution in [2.75, 3.05) is 20.3 Å². The third-order valence-corrected chi connectivity index (χ3v) is 3.41. The summed E-state index contributed by atoms with van der Waals surface area (Å²) in [6, 6.07) is 5.49. The van der Waals surface area contributed by atoms with Gasteiger partial charge < -0.3 is 10.5 Å². The lowest BCUT2D eigenvalue weighted by Crippen LogP contribution is -2.29. The molecular weight excluding hydrogens is 231 g/mol. The van der Waals surface area contributed by atoms with Crippen molar-refractivity contribution in [3.05, 3.63) is 35.1 Å². The van der Waals surface area contributed by atoms with Gasteiger partial charge in [-0.05, 0) is 36.1 Å². The molecule has 1 aliphatic carbocycles. The molecule has 4 heteroatoms. The zero-order chi connectivity index (χ0) is 13.0. The van der Waals surface area contributed by atoms with Gasteiger partial charge in [0, 0.05) is 32.8 Å². The topological polar surface area (TPSA) is 38.5 Å². The maximum absolute atomic E-state index is 13.3. The van der Waals surface area contributed by atoms with Gasteiger partial charge in [-0.1, -0.05) is 6.07 Å². The minimum Gasteiger partial charge on any atom is -0.383 e. The van der Waals surface area contributed by atoms with Crippen LogP contribution in [0.5, 0.6) is 0 Å². The molecule has 0 atom stereocenters. The van der Waals surface area contributed by atoms with Crippen LogP contribution < -0.4 is 5.73 Å². The summed E-state index contributed by atoms with van der Waals surface area (Å²) in [4.78, 5) is 2.36. The SMILES string of the molecule is COCCN(Cc1cc(F)ccc1CN)C1CC1. The van der Waals surface area contributed by atoms with E-state index in [4.69, 9.17) is 10.5 Å². The van der Waals surface area contributed by atoms with Gasteiger partial charge in [0.1, 0.15) is 5.82 Å². The van der Waals surface area contributed by atoms with E-state index >= 15 is 0 Å². The average Bonchev–Trinajstić information content (AvgIpc) is 3.19. The van der Waals surface area contributed by atoms with Crippen molar-refractivity contribution in [3.63, 3.8) is 0 Å². The molecule has 2 N–H and O–H groups in total. The van der Waals surface area contributed by atoms with E-state index in [2.05, 4.69) is 4.90 Å². The van der Waals surface area contributed by atoms with Crippen LogP contribution in [0.25, 0.3) is 0 Å². The Balaban J connectivity index is 2.07. The van der Waals surface area contributed by atoms with Crippen LogP contribution in [0.3, 0.4) is 0 Å². The number of ether oxygens (including phenoxy) is 1. The molecule has 0 bridgehead atoms.